The van der Waals surface area contributed by atoms with Crippen molar-refractivity contribution in [2.75, 3.05) is 13.1 Å². The van der Waals surface area contributed by atoms with Gasteiger partial charge in [0.2, 0.25) is 10.0 Å². The minimum Gasteiger partial charge on any atom is -0.392 e. The third-order valence-electron chi connectivity index (χ3n) is 3.57. The molecule has 1 atom stereocenters. The molecule has 0 amide bonds. The van der Waals surface area contributed by atoms with Crippen LogP contribution in [0.25, 0.3) is 10.8 Å². The van der Waals surface area contributed by atoms with E-state index in [0.717, 1.165) is 5.39 Å². The van der Waals surface area contributed by atoms with Crippen molar-refractivity contribution >= 4 is 32.4 Å². The molecule has 1 fully saturated rings. The lowest BCUT2D eigenvalue weighted by atomic mass is 10.1. The van der Waals surface area contributed by atoms with Crippen LogP contribution in [0.15, 0.2) is 41.3 Å². The molecule has 2 aromatic carbocycles. The van der Waals surface area contributed by atoms with Crippen molar-refractivity contribution < 1.29 is 13.5 Å². The average Bonchev–Trinajstić information content (AvgIpc) is 2.87. The van der Waals surface area contributed by atoms with Crippen LogP contribution in [0, 0.1) is 0 Å². The van der Waals surface area contributed by atoms with Gasteiger partial charge in [0.1, 0.15) is 0 Å². The maximum atomic E-state index is 12.7. The van der Waals surface area contributed by atoms with E-state index in [0.29, 0.717) is 23.4 Å². The Labute approximate surface area is 122 Å². The molecule has 106 valence electrons. The first-order chi connectivity index (χ1) is 9.50. The van der Waals surface area contributed by atoms with Gasteiger partial charge in [-0.3, -0.25) is 0 Å². The van der Waals surface area contributed by atoms with Crippen LogP contribution in [0.5, 0.6) is 0 Å². The van der Waals surface area contributed by atoms with Crippen molar-refractivity contribution in [3.63, 3.8) is 0 Å². The molecule has 6 heteroatoms. The van der Waals surface area contributed by atoms with Gasteiger partial charge in [-0.25, -0.2) is 8.42 Å². The van der Waals surface area contributed by atoms with Crippen LogP contribution in [-0.2, 0) is 10.0 Å². The van der Waals surface area contributed by atoms with Crippen LogP contribution in [0.2, 0.25) is 5.02 Å². The van der Waals surface area contributed by atoms with Gasteiger partial charge in [0, 0.05) is 28.9 Å². The molecule has 3 rings (SSSR count). The molecule has 1 aliphatic rings. The second-order valence-corrected chi connectivity index (χ2v) is 7.21. The summed E-state index contributed by atoms with van der Waals surface area (Å²) >= 11 is 6.11. The molecule has 20 heavy (non-hydrogen) atoms. The van der Waals surface area contributed by atoms with Crippen molar-refractivity contribution in [2.24, 2.45) is 0 Å². The molecular weight excluding hydrogens is 298 g/mol. The molecular formula is C14H14ClNO3S. The molecule has 0 spiro atoms. The number of fused-ring (bicyclic) bond motifs is 1. The van der Waals surface area contributed by atoms with Gasteiger partial charge in [-0.15, -0.1) is 0 Å². The van der Waals surface area contributed by atoms with Crippen molar-refractivity contribution in [1.29, 1.82) is 0 Å². The van der Waals surface area contributed by atoms with Crippen LogP contribution in [0.4, 0.5) is 0 Å². The Kier molecular flexibility index (Phi) is 3.46. The zero-order valence-electron chi connectivity index (χ0n) is 10.7. The first kappa shape index (κ1) is 13.8. The number of sulfonamides is 1. The SMILES string of the molecule is O=S(=O)(c1ccc(Cl)c2ccccc12)N1CC[C@@H](O)C1. The fourth-order valence-electron chi connectivity index (χ4n) is 2.53. The third-order valence-corrected chi connectivity index (χ3v) is 5.83. The highest BCUT2D eigenvalue weighted by atomic mass is 35.5. The molecule has 1 heterocycles. The van der Waals surface area contributed by atoms with Gasteiger partial charge in [-0.05, 0) is 18.6 Å². The number of hydrogen-bond acceptors (Lipinski definition) is 3. The molecule has 0 aromatic heterocycles. The van der Waals surface area contributed by atoms with Gasteiger partial charge in [0.05, 0.1) is 11.0 Å². The summed E-state index contributed by atoms with van der Waals surface area (Å²) in [5.74, 6) is 0. The summed E-state index contributed by atoms with van der Waals surface area (Å²) in [7, 11) is -3.60. The summed E-state index contributed by atoms with van der Waals surface area (Å²) in [6.07, 6.45) is -0.103. The predicted molar refractivity (Wildman–Crippen MR) is 78.3 cm³/mol. The molecule has 0 saturated carbocycles. The number of hydrogen-bond donors (Lipinski definition) is 1. The van der Waals surface area contributed by atoms with Gasteiger partial charge in [0.15, 0.2) is 0 Å². The quantitative estimate of drug-likeness (QED) is 0.925. The monoisotopic (exact) mass is 311 g/mol. The Morgan fingerprint density at radius 3 is 2.50 bits per heavy atom. The number of aliphatic hydroxyl groups is 1. The number of nitrogens with zero attached hydrogens (tertiary/aromatic N) is 1. The minimum atomic E-state index is -3.60. The van der Waals surface area contributed by atoms with E-state index in [1.807, 2.05) is 6.07 Å². The third kappa shape index (κ3) is 2.20. The molecule has 1 N–H and O–H groups in total. The fraction of sp³-hybridized carbons (Fsp3) is 0.286. The predicted octanol–water partition coefficient (Wildman–Crippen LogP) is 2.25. The fourth-order valence-corrected chi connectivity index (χ4v) is 4.44. The second-order valence-electron chi connectivity index (χ2n) is 4.90. The number of β-amino-alcohol motifs (C(OH)–C–C–N with tert-alkyl or cyclic N) is 1. The van der Waals surface area contributed by atoms with Gasteiger partial charge in [-0.2, -0.15) is 4.31 Å². The van der Waals surface area contributed by atoms with E-state index in [4.69, 9.17) is 11.6 Å². The van der Waals surface area contributed by atoms with E-state index in [1.54, 1.807) is 24.3 Å². The molecule has 1 aliphatic heterocycles. The molecule has 0 unspecified atom stereocenters. The zero-order valence-corrected chi connectivity index (χ0v) is 12.2. The number of aliphatic hydroxyl groups excluding tert-OH is 1. The van der Waals surface area contributed by atoms with Crippen molar-refractivity contribution in [3.05, 3.63) is 41.4 Å². The summed E-state index contributed by atoms with van der Waals surface area (Å²) in [6.45, 7) is 0.500. The van der Waals surface area contributed by atoms with E-state index in [9.17, 15) is 13.5 Å². The van der Waals surface area contributed by atoms with E-state index >= 15 is 0 Å². The molecule has 0 aliphatic carbocycles. The zero-order chi connectivity index (χ0) is 14.3. The maximum absolute atomic E-state index is 12.7. The maximum Gasteiger partial charge on any atom is 0.243 e. The van der Waals surface area contributed by atoms with Crippen molar-refractivity contribution in [1.82, 2.24) is 4.31 Å². The second kappa shape index (κ2) is 5.00. The molecule has 4 nitrogen and oxygen atoms in total. The lowest BCUT2D eigenvalue weighted by Gasteiger charge is -2.17. The number of benzene rings is 2. The Bertz CT molecular complexity index is 760. The van der Waals surface area contributed by atoms with Crippen LogP contribution >= 0.6 is 11.6 Å². The minimum absolute atomic E-state index is 0.152. The van der Waals surface area contributed by atoms with E-state index < -0.39 is 16.1 Å². The highest BCUT2D eigenvalue weighted by molar-refractivity contribution is 7.89. The summed E-state index contributed by atoms with van der Waals surface area (Å²) in [5, 5.41) is 11.4. The van der Waals surface area contributed by atoms with Crippen molar-refractivity contribution in [3.8, 4) is 0 Å². The Morgan fingerprint density at radius 1 is 1.15 bits per heavy atom. The first-order valence-corrected chi connectivity index (χ1v) is 8.17. The van der Waals surface area contributed by atoms with Crippen LogP contribution < -0.4 is 0 Å². The van der Waals surface area contributed by atoms with Crippen molar-refractivity contribution in [2.45, 2.75) is 17.4 Å². The van der Waals surface area contributed by atoms with Crippen LogP contribution in [-0.4, -0.2) is 37.0 Å². The average molecular weight is 312 g/mol. The largest absolute Gasteiger partial charge is 0.392 e. The highest BCUT2D eigenvalue weighted by Crippen LogP contribution is 2.31. The van der Waals surface area contributed by atoms with Crippen LogP contribution in [0.1, 0.15) is 6.42 Å². The van der Waals surface area contributed by atoms with Gasteiger partial charge >= 0.3 is 0 Å². The summed E-state index contributed by atoms with van der Waals surface area (Å²) in [5.41, 5.74) is 0. The molecule has 0 bridgehead atoms. The van der Waals surface area contributed by atoms with E-state index in [2.05, 4.69) is 0 Å². The summed E-state index contributed by atoms with van der Waals surface area (Å²) in [4.78, 5) is 0.242. The normalized spacial score (nSPS) is 20.6. The lowest BCUT2D eigenvalue weighted by Crippen LogP contribution is -2.29. The molecule has 2 aromatic rings. The number of halogens is 1. The van der Waals surface area contributed by atoms with E-state index in [1.165, 1.54) is 10.4 Å². The standard InChI is InChI=1S/C14H14ClNO3S/c15-13-5-6-14(12-4-2-1-3-11(12)13)20(18,19)16-8-7-10(17)9-16/h1-6,10,17H,7-9H2/t10-/m1/s1. The van der Waals surface area contributed by atoms with Crippen LogP contribution in [0.3, 0.4) is 0 Å². The Morgan fingerprint density at radius 2 is 1.85 bits per heavy atom. The molecule has 0 radical (unpaired) electrons. The summed E-state index contributed by atoms with van der Waals surface area (Å²) in [6, 6.07) is 10.3. The molecule has 1 saturated heterocycles. The van der Waals surface area contributed by atoms with E-state index in [-0.39, 0.29) is 11.4 Å². The topological polar surface area (TPSA) is 57.6 Å². The smallest absolute Gasteiger partial charge is 0.243 e. The first-order valence-electron chi connectivity index (χ1n) is 6.35. The number of rotatable bonds is 2. The summed E-state index contributed by atoms with van der Waals surface area (Å²) < 4.78 is 26.7. The Hall–Kier alpha value is -1.14. The highest BCUT2D eigenvalue weighted by Gasteiger charge is 2.32. The Balaban J connectivity index is 2.17. The lowest BCUT2D eigenvalue weighted by molar-refractivity contribution is 0.189. The van der Waals surface area contributed by atoms with Gasteiger partial charge in [0.25, 0.3) is 0 Å². The van der Waals surface area contributed by atoms with Gasteiger partial charge in [-0.1, -0.05) is 35.9 Å². The van der Waals surface area contributed by atoms with Gasteiger partial charge < -0.3 is 5.11 Å².